The highest BCUT2D eigenvalue weighted by atomic mass is 16.3. The zero-order valence-electron chi connectivity index (χ0n) is 12.2. The predicted octanol–water partition coefficient (Wildman–Crippen LogP) is 2.53. The summed E-state index contributed by atoms with van der Waals surface area (Å²) < 4.78 is 0. The highest BCUT2D eigenvalue weighted by Gasteiger charge is 2.29. The Morgan fingerprint density at radius 2 is 2.14 bits per heavy atom. The predicted molar refractivity (Wildman–Crippen MR) is 82.2 cm³/mol. The Kier molecular flexibility index (Phi) is 3.88. The van der Waals surface area contributed by atoms with Crippen molar-refractivity contribution in [3.63, 3.8) is 0 Å². The molecule has 3 rings (SSSR count). The standard InChI is InChI=1S/C17H20N2O2/c1-12-11-15(14-7-2-3-8-16(14)18-12)17(21)19(9-10-20)13-5-4-6-13/h2-3,7-8,11,13,20H,4-6,9-10H2,1H3. The molecule has 4 nitrogen and oxygen atoms in total. The fourth-order valence-electron chi connectivity index (χ4n) is 2.90. The first-order chi connectivity index (χ1) is 10.2. The summed E-state index contributed by atoms with van der Waals surface area (Å²) in [6.07, 6.45) is 3.23. The molecule has 0 aliphatic heterocycles. The molecule has 0 unspecified atom stereocenters. The molecule has 0 saturated heterocycles. The van der Waals surface area contributed by atoms with Crippen LogP contribution < -0.4 is 0 Å². The summed E-state index contributed by atoms with van der Waals surface area (Å²) in [6.45, 7) is 2.31. The van der Waals surface area contributed by atoms with Gasteiger partial charge in [-0.05, 0) is 38.3 Å². The van der Waals surface area contributed by atoms with Gasteiger partial charge >= 0.3 is 0 Å². The van der Waals surface area contributed by atoms with Gasteiger partial charge in [-0.2, -0.15) is 0 Å². The summed E-state index contributed by atoms with van der Waals surface area (Å²) in [5.41, 5.74) is 2.38. The van der Waals surface area contributed by atoms with Crippen LogP contribution in [0.3, 0.4) is 0 Å². The second kappa shape index (κ2) is 5.82. The van der Waals surface area contributed by atoms with Crippen molar-refractivity contribution in [2.45, 2.75) is 32.2 Å². The van der Waals surface area contributed by atoms with Crippen LogP contribution in [0.1, 0.15) is 35.3 Å². The van der Waals surface area contributed by atoms with Gasteiger partial charge in [0.25, 0.3) is 5.91 Å². The second-order valence-corrected chi connectivity index (χ2v) is 5.64. The van der Waals surface area contributed by atoms with Crippen molar-refractivity contribution >= 4 is 16.8 Å². The molecule has 1 heterocycles. The van der Waals surface area contributed by atoms with Crippen LogP contribution in [-0.4, -0.2) is 40.1 Å². The lowest BCUT2D eigenvalue weighted by molar-refractivity contribution is 0.0527. The van der Waals surface area contributed by atoms with Crippen LogP contribution in [0.15, 0.2) is 30.3 Å². The van der Waals surface area contributed by atoms with Crippen LogP contribution in [-0.2, 0) is 0 Å². The molecule has 1 aliphatic rings. The summed E-state index contributed by atoms with van der Waals surface area (Å²) in [5.74, 6) is 0.00968. The SMILES string of the molecule is Cc1cc(C(=O)N(CCO)C2CCC2)c2ccccc2n1. The number of aliphatic hydroxyl groups is 1. The lowest BCUT2D eigenvalue weighted by Crippen LogP contribution is -2.45. The van der Waals surface area contributed by atoms with E-state index < -0.39 is 0 Å². The molecule has 0 atom stereocenters. The third-order valence-electron chi connectivity index (χ3n) is 4.19. The van der Waals surface area contributed by atoms with Gasteiger partial charge in [-0.3, -0.25) is 9.78 Å². The number of para-hydroxylation sites is 1. The Labute approximate surface area is 124 Å². The maximum absolute atomic E-state index is 12.9. The molecule has 0 spiro atoms. The van der Waals surface area contributed by atoms with E-state index in [2.05, 4.69) is 4.98 Å². The zero-order valence-corrected chi connectivity index (χ0v) is 12.2. The molecule has 0 bridgehead atoms. The summed E-state index contributed by atoms with van der Waals surface area (Å²) in [5, 5.41) is 10.1. The van der Waals surface area contributed by atoms with E-state index in [1.807, 2.05) is 42.2 Å². The first kappa shape index (κ1) is 14.0. The maximum atomic E-state index is 12.9. The topological polar surface area (TPSA) is 53.4 Å². The molecular weight excluding hydrogens is 264 g/mol. The van der Waals surface area contributed by atoms with Gasteiger partial charge in [0.15, 0.2) is 0 Å². The van der Waals surface area contributed by atoms with Crippen LogP contribution in [0.4, 0.5) is 0 Å². The molecule has 1 aromatic carbocycles. The largest absolute Gasteiger partial charge is 0.395 e. The van der Waals surface area contributed by atoms with Crippen molar-refractivity contribution in [1.82, 2.24) is 9.88 Å². The van der Waals surface area contributed by atoms with E-state index in [0.717, 1.165) is 35.9 Å². The quantitative estimate of drug-likeness (QED) is 0.938. The van der Waals surface area contributed by atoms with Crippen molar-refractivity contribution in [2.75, 3.05) is 13.2 Å². The minimum absolute atomic E-state index is 0.00420. The van der Waals surface area contributed by atoms with Crippen LogP contribution in [0.5, 0.6) is 0 Å². The molecular formula is C17H20N2O2. The van der Waals surface area contributed by atoms with E-state index in [1.54, 1.807) is 0 Å². The van der Waals surface area contributed by atoms with Crippen LogP contribution in [0.2, 0.25) is 0 Å². The van der Waals surface area contributed by atoms with E-state index in [1.165, 1.54) is 0 Å². The number of carbonyl (C=O) groups is 1. The highest BCUT2D eigenvalue weighted by Crippen LogP contribution is 2.28. The maximum Gasteiger partial charge on any atom is 0.254 e. The lowest BCUT2D eigenvalue weighted by atomic mass is 9.90. The average molecular weight is 284 g/mol. The van der Waals surface area contributed by atoms with E-state index in [4.69, 9.17) is 0 Å². The summed E-state index contributed by atoms with van der Waals surface area (Å²) >= 11 is 0. The van der Waals surface area contributed by atoms with Crippen molar-refractivity contribution in [3.05, 3.63) is 41.6 Å². The van der Waals surface area contributed by atoms with E-state index in [-0.39, 0.29) is 18.6 Å². The van der Waals surface area contributed by atoms with Gasteiger partial charge in [-0.15, -0.1) is 0 Å². The number of carbonyl (C=O) groups excluding carboxylic acids is 1. The molecule has 1 saturated carbocycles. The summed E-state index contributed by atoms with van der Waals surface area (Å²) in [4.78, 5) is 19.2. The monoisotopic (exact) mass is 284 g/mol. The van der Waals surface area contributed by atoms with Crippen molar-refractivity contribution in [1.29, 1.82) is 0 Å². The molecule has 110 valence electrons. The van der Waals surface area contributed by atoms with Gasteiger partial charge in [-0.1, -0.05) is 18.2 Å². The molecule has 1 N–H and O–H groups in total. The highest BCUT2D eigenvalue weighted by molar-refractivity contribution is 6.06. The van der Waals surface area contributed by atoms with E-state index in [9.17, 15) is 9.90 Å². The van der Waals surface area contributed by atoms with Crippen LogP contribution in [0.25, 0.3) is 10.9 Å². The number of aromatic nitrogens is 1. The first-order valence-corrected chi connectivity index (χ1v) is 7.49. The fraction of sp³-hybridized carbons (Fsp3) is 0.412. The number of nitrogens with zero attached hydrogens (tertiary/aromatic N) is 2. The number of amides is 1. The van der Waals surface area contributed by atoms with Gasteiger partial charge in [-0.25, -0.2) is 0 Å². The number of hydrogen-bond donors (Lipinski definition) is 1. The molecule has 1 aromatic heterocycles. The Morgan fingerprint density at radius 3 is 2.81 bits per heavy atom. The normalized spacial score (nSPS) is 15.0. The third-order valence-corrected chi connectivity index (χ3v) is 4.19. The smallest absolute Gasteiger partial charge is 0.254 e. The zero-order chi connectivity index (χ0) is 14.8. The second-order valence-electron chi connectivity index (χ2n) is 5.64. The Balaban J connectivity index is 2.03. The Hall–Kier alpha value is -1.94. The Bertz CT molecular complexity index is 665. The van der Waals surface area contributed by atoms with Crippen LogP contribution in [0, 0.1) is 6.92 Å². The fourth-order valence-corrected chi connectivity index (χ4v) is 2.90. The van der Waals surface area contributed by atoms with Gasteiger partial charge in [0.1, 0.15) is 0 Å². The number of aliphatic hydroxyl groups excluding tert-OH is 1. The van der Waals surface area contributed by atoms with Crippen LogP contribution >= 0.6 is 0 Å². The molecule has 4 heteroatoms. The molecule has 1 fully saturated rings. The minimum atomic E-state index is 0.00420. The van der Waals surface area contributed by atoms with Gasteiger partial charge in [0.05, 0.1) is 17.7 Å². The van der Waals surface area contributed by atoms with Gasteiger partial charge < -0.3 is 10.0 Å². The number of fused-ring (bicyclic) bond motifs is 1. The third kappa shape index (κ3) is 2.63. The summed E-state index contributed by atoms with van der Waals surface area (Å²) in [7, 11) is 0. The number of benzene rings is 1. The first-order valence-electron chi connectivity index (χ1n) is 7.49. The van der Waals surface area contributed by atoms with Crippen molar-refractivity contribution in [2.24, 2.45) is 0 Å². The molecule has 1 aliphatic carbocycles. The molecule has 21 heavy (non-hydrogen) atoms. The van der Waals surface area contributed by atoms with E-state index >= 15 is 0 Å². The number of rotatable bonds is 4. The number of aryl methyl sites for hydroxylation is 1. The molecule has 0 radical (unpaired) electrons. The minimum Gasteiger partial charge on any atom is -0.395 e. The average Bonchev–Trinajstić information content (AvgIpc) is 2.43. The van der Waals surface area contributed by atoms with Crippen molar-refractivity contribution < 1.29 is 9.90 Å². The number of pyridine rings is 1. The Morgan fingerprint density at radius 1 is 1.38 bits per heavy atom. The lowest BCUT2D eigenvalue weighted by Gasteiger charge is -2.37. The van der Waals surface area contributed by atoms with Gasteiger partial charge in [0.2, 0.25) is 0 Å². The van der Waals surface area contributed by atoms with Gasteiger partial charge in [0, 0.05) is 23.7 Å². The summed E-state index contributed by atoms with van der Waals surface area (Å²) in [6, 6.07) is 9.85. The van der Waals surface area contributed by atoms with E-state index in [0.29, 0.717) is 12.1 Å². The number of hydrogen-bond acceptors (Lipinski definition) is 3. The molecule has 2 aromatic rings. The van der Waals surface area contributed by atoms with Crippen molar-refractivity contribution in [3.8, 4) is 0 Å². The molecule has 1 amide bonds.